The first kappa shape index (κ1) is 22.4. The summed E-state index contributed by atoms with van der Waals surface area (Å²) < 4.78 is 68.1. The smallest absolute Gasteiger partial charge is 0.332 e. The monoisotopic (exact) mass is 468 g/mol. The van der Waals surface area contributed by atoms with Gasteiger partial charge >= 0.3 is 18.4 Å². The summed E-state index contributed by atoms with van der Waals surface area (Å²) in [7, 11) is 0. The lowest BCUT2D eigenvalue weighted by atomic mass is 10.1. The van der Waals surface area contributed by atoms with Gasteiger partial charge in [0.15, 0.2) is 11.2 Å². The molecule has 0 aliphatic rings. The number of nitrogens with one attached hydrogen (secondary N) is 1. The van der Waals surface area contributed by atoms with Crippen LogP contribution in [0, 0.1) is 0 Å². The molecule has 3 heterocycles. The van der Waals surface area contributed by atoms with Crippen LogP contribution in [-0.4, -0.2) is 28.9 Å². The van der Waals surface area contributed by atoms with Crippen LogP contribution in [0.2, 0.25) is 0 Å². The van der Waals surface area contributed by atoms with E-state index in [1.54, 1.807) is 6.92 Å². The molecule has 3 aromatic heterocycles. The van der Waals surface area contributed by atoms with E-state index in [0.717, 1.165) is 12.1 Å². The SMILES string of the molecule is CCCn1c(=O)c2[nH]c(-c3cnn(Cc4cccc(C(F)(F)F)c4)c3)nc2n(C(F)F)c1=O. The lowest BCUT2D eigenvalue weighted by molar-refractivity contribution is -0.137. The molecule has 0 saturated heterocycles. The summed E-state index contributed by atoms with van der Waals surface area (Å²) in [6.45, 7) is -1.55. The van der Waals surface area contributed by atoms with Crippen molar-refractivity contribution in [1.82, 2.24) is 28.9 Å². The zero-order chi connectivity index (χ0) is 23.9. The van der Waals surface area contributed by atoms with Crippen molar-refractivity contribution in [3.63, 3.8) is 0 Å². The maximum absolute atomic E-state index is 13.6. The minimum absolute atomic E-state index is 0.00912. The first-order chi connectivity index (χ1) is 15.6. The van der Waals surface area contributed by atoms with Crippen LogP contribution in [-0.2, 0) is 19.3 Å². The van der Waals surface area contributed by atoms with E-state index in [9.17, 15) is 31.5 Å². The van der Waals surface area contributed by atoms with Crippen molar-refractivity contribution in [1.29, 1.82) is 0 Å². The van der Waals surface area contributed by atoms with Gasteiger partial charge in [-0.25, -0.2) is 14.3 Å². The summed E-state index contributed by atoms with van der Waals surface area (Å²) in [4.78, 5) is 31.7. The minimum atomic E-state index is -4.48. The van der Waals surface area contributed by atoms with Gasteiger partial charge < -0.3 is 4.98 Å². The van der Waals surface area contributed by atoms with Crippen LogP contribution in [0.25, 0.3) is 22.6 Å². The normalized spacial score (nSPS) is 12.2. The van der Waals surface area contributed by atoms with Gasteiger partial charge in [0.25, 0.3) is 5.56 Å². The van der Waals surface area contributed by atoms with Crippen LogP contribution in [0.15, 0.2) is 46.2 Å². The van der Waals surface area contributed by atoms with Crippen LogP contribution in [0.1, 0.15) is 31.0 Å². The van der Waals surface area contributed by atoms with Crippen molar-refractivity contribution >= 4 is 11.2 Å². The van der Waals surface area contributed by atoms with E-state index < -0.39 is 35.2 Å². The number of rotatable bonds is 6. The molecule has 1 N–H and O–H groups in total. The highest BCUT2D eigenvalue weighted by Gasteiger charge is 2.30. The molecule has 0 atom stereocenters. The maximum atomic E-state index is 13.6. The number of imidazole rings is 1. The molecule has 4 rings (SSSR count). The van der Waals surface area contributed by atoms with Gasteiger partial charge in [0.05, 0.1) is 23.9 Å². The molecule has 4 aromatic rings. The first-order valence-electron chi connectivity index (χ1n) is 9.82. The first-order valence-corrected chi connectivity index (χ1v) is 9.82. The highest BCUT2D eigenvalue weighted by atomic mass is 19.4. The van der Waals surface area contributed by atoms with Crippen molar-refractivity contribution in [3.8, 4) is 11.4 Å². The Kier molecular flexibility index (Phi) is 5.64. The average Bonchev–Trinajstić information content (AvgIpc) is 3.38. The number of H-pyrrole nitrogens is 1. The molecule has 0 amide bonds. The second kappa shape index (κ2) is 8.30. The number of hydrogen-bond acceptors (Lipinski definition) is 4. The number of benzene rings is 1. The van der Waals surface area contributed by atoms with Gasteiger partial charge in [-0.3, -0.25) is 14.0 Å². The van der Waals surface area contributed by atoms with Gasteiger partial charge in [0, 0.05) is 12.7 Å². The molecular formula is C20H17F5N6O2. The Labute approximate surface area is 181 Å². The Balaban J connectivity index is 1.73. The third-order valence-electron chi connectivity index (χ3n) is 4.96. The van der Waals surface area contributed by atoms with Gasteiger partial charge in [-0.05, 0) is 24.1 Å². The molecule has 0 saturated carbocycles. The number of nitrogens with zero attached hydrogens (tertiary/aromatic N) is 5. The summed E-state index contributed by atoms with van der Waals surface area (Å²) in [5.74, 6) is 0.0143. The molecule has 0 radical (unpaired) electrons. The van der Waals surface area contributed by atoms with E-state index in [4.69, 9.17) is 0 Å². The fourth-order valence-corrected chi connectivity index (χ4v) is 3.47. The summed E-state index contributed by atoms with van der Waals surface area (Å²) in [5, 5.41) is 4.07. The fraction of sp³-hybridized carbons (Fsp3) is 0.300. The highest BCUT2D eigenvalue weighted by Crippen LogP contribution is 2.29. The largest absolute Gasteiger partial charge is 0.416 e. The Bertz CT molecular complexity index is 1430. The molecule has 0 spiro atoms. The molecule has 0 bridgehead atoms. The summed E-state index contributed by atoms with van der Waals surface area (Å²) in [5.41, 5.74) is -2.84. The molecule has 0 fully saturated rings. The van der Waals surface area contributed by atoms with E-state index in [2.05, 4.69) is 15.1 Å². The van der Waals surface area contributed by atoms with Crippen molar-refractivity contribution in [2.75, 3.05) is 0 Å². The van der Waals surface area contributed by atoms with Crippen LogP contribution in [0.5, 0.6) is 0 Å². The summed E-state index contributed by atoms with van der Waals surface area (Å²) >= 11 is 0. The zero-order valence-corrected chi connectivity index (χ0v) is 17.1. The lowest BCUT2D eigenvalue weighted by Crippen LogP contribution is -2.40. The molecule has 0 aliphatic carbocycles. The molecule has 0 aliphatic heterocycles. The number of aromatic nitrogens is 6. The van der Waals surface area contributed by atoms with Crippen molar-refractivity contribution in [3.05, 3.63) is 68.6 Å². The Morgan fingerprint density at radius 2 is 1.94 bits per heavy atom. The summed E-state index contributed by atoms with van der Waals surface area (Å²) in [6, 6.07) is 4.75. The minimum Gasteiger partial charge on any atom is -0.332 e. The molecule has 1 aromatic carbocycles. The van der Waals surface area contributed by atoms with E-state index >= 15 is 0 Å². The average molecular weight is 468 g/mol. The summed E-state index contributed by atoms with van der Waals surface area (Å²) in [6.07, 6.45) is -1.34. The van der Waals surface area contributed by atoms with Gasteiger partial charge in [-0.1, -0.05) is 19.1 Å². The number of hydrogen-bond donors (Lipinski definition) is 1. The van der Waals surface area contributed by atoms with Gasteiger partial charge in [-0.15, -0.1) is 0 Å². The van der Waals surface area contributed by atoms with E-state index in [-0.39, 0.29) is 29.0 Å². The molecular weight excluding hydrogens is 451 g/mol. The third-order valence-corrected chi connectivity index (χ3v) is 4.96. The predicted molar refractivity (Wildman–Crippen MR) is 108 cm³/mol. The topological polar surface area (TPSA) is 90.5 Å². The molecule has 0 unspecified atom stereocenters. The van der Waals surface area contributed by atoms with Gasteiger partial charge in [-0.2, -0.15) is 27.1 Å². The van der Waals surface area contributed by atoms with E-state index in [1.165, 1.54) is 29.2 Å². The molecule has 33 heavy (non-hydrogen) atoms. The van der Waals surface area contributed by atoms with Crippen molar-refractivity contribution in [2.45, 2.75) is 39.2 Å². The van der Waals surface area contributed by atoms with Crippen LogP contribution in [0.4, 0.5) is 22.0 Å². The van der Waals surface area contributed by atoms with E-state index in [1.807, 2.05) is 0 Å². The Morgan fingerprint density at radius 1 is 1.18 bits per heavy atom. The van der Waals surface area contributed by atoms with Gasteiger partial charge in [0.2, 0.25) is 0 Å². The molecule has 8 nitrogen and oxygen atoms in total. The predicted octanol–water partition coefficient (Wildman–Crippen LogP) is 3.62. The standard InChI is InChI=1S/C20H17F5N6O2/c1-2-6-30-17(32)14-16(31(18(21)22)19(30)33)28-15(27-14)12-8-26-29(10-12)9-11-4-3-5-13(7-11)20(23,24)25/h3-5,7-8,10,18H,2,6,9H2,1H3,(H,27,28). The second-order valence-corrected chi connectivity index (χ2v) is 7.30. The van der Waals surface area contributed by atoms with Crippen LogP contribution >= 0.6 is 0 Å². The lowest BCUT2D eigenvalue weighted by Gasteiger charge is -2.09. The Hall–Kier alpha value is -3.77. The van der Waals surface area contributed by atoms with E-state index in [0.29, 0.717) is 22.1 Å². The van der Waals surface area contributed by atoms with Crippen LogP contribution in [0.3, 0.4) is 0 Å². The molecule has 174 valence electrons. The van der Waals surface area contributed by atoms with Crippen LogP contribution < -0.4 is 11.2 Å². The number of halogens is 5. The number of fused-ring (bicyclic) bond motifs is 1. The molecule has 13 heteroatoms. The third kappa shape index (κ3) is 4.17. The second-order valence-electron chi connectivity index (χ2n) is 7.30. The Morgan fingerprint density at radius 3 is 2.61 bits per heavy atom. The maximum Gasteiger partial charge on any atom is 0.416 e. The number of alkyl halides is 5. The van der Waals surface area contributed by atoms with Gasteiger partial charge in [0.1, 0.15) is 5.82 Å². The van der Waals surface area contributed by atoms with Crippen molar-refractivity contribution < 1.29 is 22.0 Å². The fourth-order valence-electron chi connectivity index (χ4n) is 3.47. The highest BCUT2D eigenvalue weighted by molar-refractivity contribution is 5.75. The zero-order valence-electron chi connectivity index (χ0n) is 17.1. The number of aromatic amines is 1. The van der Waals surface area contributed by atoms with Crippen molar-refractivity contribution in [2.24, 2.45) is 0 Å². The quantitative estimate of drug-likeness (QED) is 0.438.